The fraction of sp³-hybridized carbons (Fsp3) is 0.391. The van der Waals surface area contributed by atoms with Crippen molar-refractivity contribution in [3.05, 3.63) is 71.3 Å². The number of carbonyl (C=O) groups is 2. The number of nitrogens with one attached hydrogen (secondary N) is 1. The molecule has 0 spiro atoms. The van der Waals surface area contributed by atoms with E-state index in [0.717, 1.165) is 17.5 Å². The van der Waals surface area contributed by atoms with Gasteiger partial charge in [-0.3, -0.25) is 4.79 Å². The van der Waals surface area contributed by atoms with E-state index >= 15 is 0 Å². The molecule has 0 unspecified atom stereocenters. The number of nitrogens with zero attached hydrogens (tertiary/aromatic N) is 1. The van der Waals surface area contributed by atoms with Crippen molar-refractivity contribution in [2.24, 2.45) is 0 Å². The fourth-order valence-corrected chi connectivity index (χ4v) is 3.40. The molecule has 1 atom stereocenters. The van der Waals surface area contributed by atoms with Crippen LogP contribution >= 0.6 is 0 Å². The summed E-state index contributed by atoms with van der Waals surface area (Å²) in [5.74, 6) is -0.0794. The topological polar surface area (TPSA) is 58.6 Å². The minimum atomic E-state index is -0.664. The van der Waals surface area contributed by atoms with Crippen LogP contribution in [0.1, 0.15) is 37.5 Å². The summed E-state index contributed by atoms with van der Waals surface area (Å²) < 4.78 is 5.38. The lowest BCUT2D eigenvalue weighted by atomic mass is 9.98. The van der Waals surface area contributed by atoms with Gasteiger partial charge >= 0.3 is 6.09 Å². The highest BCUT2D eigenvalue weighted by Crippen LogP contribution is 2.20. The normalized spacial score (nSPS) is 14.8. The summed E-state index contributed by atoms with van der Waals surface area (Å²) in [4.78, 5) is 27.4. The number of alkyl carbamates (subject to hydrolysis) is 1. The first kappa shape index (κ1) is 19.9. The highest BCUT2D eigenvalue weighted by molar-refractivity contribution is 5.86. The minimum Gasteiger partial charge on any atom is -0.444 e. The molecule has 0 bridgehead atoms. The van der Waals surface area contributed by atoms with Gasteiger partial charge in [0.25, 0.3) is 0 Å². The zero-order valence-corrected chi connectivity index (χ0v) is 16.8. The monoisotopic (exact) mass is 380 g/mol. The molecule has 5 nitrogen and oxygen atoms in total. The van der Waals surface area contributed by atoms with Crippen molar-refractivity contribution in [1.82, 2.24) is 10.2 Å². The van der Waals surface area contributed by atoms with E-state index in [1.54, 1.807) is 0 Å². The number of fused-ring (bicyclic) bond motifs is 1. The molecule has 0 aliphatic carbocycles. The van der Waals surface area contributed by atoms with Crippen LogP contribution in [0.4, 0.5) is 4.79 Å². The largest absolute Gasteiger partial charge is 0.444 e. The van der Waals surface area contributed by atoms with Gasteiger partial charge in [-0.15, -0.1) is 0 Å². The molecular formula is C23H28N2O3. The molecule has 1 N–H and O–H groups in total. The first-order valence-corrected chi connectivity index (χ1v) is 9.71. The maximum atomic E-state index is 13.3. The second kappa shape index (κ2) is 8.46. The van der Waals surface area contributed by atoms with Crippen LogP contribution < -0.4 is 5.32 Å². The zero-order valence-electron chi connectivity index (χ0n) is 16.8. The van der Waals surface area contributed by atoms with Gasteiger partial charge in [0, 0.05) is 19.5 Å². The molecule has 0 saturated carbocycles. The van der Waals surface area contributed by atoms with Gasteiger partial charge < -0.3 is 15.0 Å². The number of ether oxygens (including phenoxy) is 1. The molecule has 2 amide bonds. The summed E-state index contributed by atoms with van der Waals surface area (Å²) in [6.45, 7) is 6.64. The van der Waals surface area contributed by atoms with E-state index in [2.05, 4.69) is 17.4 Å². The van der Waals surface area contributed by atoms with Gasteiger partial charge in [0.15, 0.2) is 0 Å². The average molecular weight is 380 g/mol. The Balaban J connectivity index is 1.75. The quantitative estimate of drug-likeness (QED) is 0.880. The highest BCUT2D eigenvalue weighted by Gasteiger charge is 2.30. The Kier molecular flexibility index (Phi) is 6.02. The predicted molar refractivity (Wildman–Crippen MR) is 109 cm³/mol. The van der Waals surface area contributed by atoms with Crippen molar-refractivity contribution in [3.8, 4) is 0 Å². The molecule has 3 rings (SSSR count). The van der Waals surface area contributed by atoms with Crippen LogP contribution in [0.3, 0.4) is 0 Å². The number of amides is 2. The Hall–Kier alpha value is -2.82. The Morgan fingerprint density at radius 1 is 1.04 bits per heavy atom. The fourth-order valence-electron chi connectivity index (χ4n) is 3.40. The first-order valence-electron chi connectivity index (χ1n) is 9.71. The van der Waals surface area contributed by atoms with Gasteiger partial charge in [0.05, 0.1) is 0 Å². The second-order valence-corrected chi connectivity index (χ2v) is 8.17. The van der Waals surface area contributed by atoms with Crippen molar-refractivity contribution in [2.75, 3.05) is 6.54 Å². The summed E-state index contributed by atoms with van der Waals surface area (Å²) in [7, 11) is 0. The van der Waals surface area contributed by atoms with Crippen molar-refractivity contribution in [2.45, 2.75) is 51.8 Å². The summed E-state index contributed by atoms with van der Waals surface area (Å²) in [5.41, 5.74) is 2.83. The molecule has 1 aliphatic heterocycles. The van der Waals surface area contributed by atoms with Crippen LogP contribution in [-0.2, 0) is 28.9 Å². The standard InChI is InChI=1S/C23H28N2O3/c1-23(2,3)28-22(27)24-20(15-17-9-5-4-6-10-17)21(26)25-14-13-18-11-7-8-12-19(18)16-25/h4-12,20H,13-16H2,1-3H3,(H,24,27)/t20-/m1/s1. The number of benzene rings is 2. The van der Waals surface area contributed by atoms with Crippen LogP contribution in [0.2, 0.25) is 0 Å². The Morgan fingerprint density at radius 2 is 1.68 bits per heavy atom. The molecule has 5 heteroatoms. The molecule has 0 radical (unpaired) electrons. The van der Waals surface area contributed by atoms with E-state index in [9.17, 15) is 9.59 Å². The van der Waals surface area contributed by atoms with Gasteiger partial charge in [0.2, 0.25) is 5.91 Å². The van der Waals surface area contributed by atoms with E-state index in [0.29, 0.717) is 19.5 Å². The van der Waals surface area contributed by atoms with Gasteiger partial charge in [0.1, 0.15) is 11.6 Å². The summed E-state index contributed by atoms with van der Waals surface area (Å²) >= 11 is 0. The van der Waals surface area contributed by atoms with Crippen LogP contribution in [0, 0.1) is 0 Å². The number of hydrogen-bond donors (Lipinski definition) is 1. The molecule has 28 heavy (non-hydrogen) atoms. The van der Waals surface area contributed by atoms with Crippen molar-refractivity contribution in [1.29, 1.82) is 0 Å². The molecule has 148 valence electrons. The lowest BCUT2D eigenvalue weighted by Gasteiger charge is -2.32. The Morgan fingerprint density at radius 3 is 2.36 bits per heavy atom. The van der Waals surface area contributed by atoms with Gasteiger partial charge in [-0.05, 0) is 43.9 Å². The van der Waals surface area contributed by atoms with Crippen LogP contribution in [0.5, 0.6) is 0 Å². The smallest absolute Gasteiger partial charge is 0.408 e. The number of carbonyl (C=O) groups excluding carboxylic acids is 2. The van der Waals surface area contributed by atoms with E-state index < -0.39 is 17.7 Å². The van der Waals surface area contributed by atoms with E-state index in [-0.39, 0.29) is 5.91 Å². The molecule has 1 aliphatic rings. The van der Waals surface area contributed by atoms with Gasteiger partial charge in [-0.25, -0.2) is 4.79 Å². The van der Waals surface area contributed by atoms with E-state index in [1.807, 2.05) is 68.1 Å². The summed E-state index contributed by atoms with van der Waals surface area (Å²) in [5, 5.41) is 2.79. The lowest BCUT2D eigenvalue weighted by Crippen LogP contribution is -2.51. The predicted octanol–water partition coefficient (Wildman–Crippen LogP) is 3.71. The third-order valence-electron chi connectivity index (χ3n) is 4.71. The number of rotatable bonds is 4. The van der Waals surface area contributed by atoms with Crippen LogP contribution in [-0.4, -0.2) is 35.1 Å². The molecule has 0 aromatic heterocycles. The van der Waals surface area contributed by atoms with Crippen molar-refractivity contribution in [3.63, 3.8) is 0 Å². The molecule has 1 heterocycles. The molecule has 2 aromatic carbocycles. The third-order valence-corrected chi connectivity index (χ3v) is 4.71. The van der Waals surface area contributed by atoms with Gasteiger partial charge in [-0.2, -0.15) is 0 Å². The lowest BCUT2D eigenvalue weighted by molar-refractivity contribution is -0.134. The van der Waals surface area contributed by atoms with Crippen molar-refractivity contribution < 1.29 is 14.3 Å². The van der Waals surface area contributed by atoms with Crippen LogP contribution in [0.25, 0.3) is 0 Å². The maximum absolute atomic E-state index is 13.3. The molecule has 2 aromatic rings. The first-order chi connectivity index (χ1) is 13.3. The Labute approximate surface area is 166 Å². The number of hydrogen-bond acceptors (Lipinski definition) is 3. The summed E-state index contributed by atoms with van der Waals surface area (Å²) in [6.07, 6.45) is 0.683. The second-order valence-electron chi connectivity index (χ2n) is 8.17. The minimum absolute atomic E-state index is 0.0794. The van der Waals surface area contributed by atoms with Crippen molar-refractivity contribution >= 4 is 12.0 Å². The average Bonchev–Trinajstić information content (AvgIpc) is 2.66. The van der Waals surface area contributed by atoms with E-state index in [4.69, 9.17) is 4.74 Å². The molecule has 0 saturated heterocycles. The molecular weight excluding hydrogens is 352 g/mol. The Bertz CT molecular complexity index is 827. The maximum Gasteiger partial charge on any atom is 0.408 e. The van der Waals surface area contributed by atoms with Crippen LogP contribution in [0.15, 0.2) is 54.6 Å². The highest BCUT2D eigenvalue weighted by atomic mass is 16.6. The zero-order chi connectivity index (χ0) is 20.1. The third kappa shape index (κ3) is 5.35. The summed E-state index contributed by atoms with van der Waals surface area (Å²) in [6, 6.07) is 17.2. The van der Waals surface area contributed by atoms with E-state index in [1.165, 1.54) is 5.56 Å². The van der Waals surface area contributed by atoms with Gasteiger partial charge in [-0.1, -0.05) is 54.6 Å². The molecule has 0 fully saturated rings. The SMILES string of the molecule is CC(C)(C)OC(=O)N[C@H](Cc1ccccc1)C(=O)N1CCc2ccccc2C1.